The number of alkyl halides is 3. The van der Waals surface area contributed by atoms with Gasteiger partial charge in [0, 0.05) is 11.1 Å². The second-order valence-electron chi connectivity index (χ2n) is 10.3. The summed E-state index contributed by atoms with van der Waals surface area (Å²) in [7, 11) is -3.32. The smallest absolute Gasteiger partial charge is 0.394 e. The summed E-state index contributed by atoms with van der Waals surface area (Å²) in [5.74, 6) is -10.3. The SMILES string of the molecule is COC(=O)C(C(=O)OC)[C@H](CS(=O)(=O)N1[C@H]2CO[C@@H](c3ccccc3)O[C@H]2[C@@H]2O[C@H](c3ccccc3)OC[C@@H]21)C(F)(F)F. The minimum absolute atomic E-state index is 0.232. The highest BCUT2D eigenvalue weighted by Gasteiger charge is 2.62. The van der Waals surface area contributed by atoms with E-state index in [4.69, 9.17) is 18.9 Å². The van der Waals surface area contributed by atoms with Crippen LogP contribution in [0.5, 0.6) is 0 Å². The maximum atomic E-state index is 14.3. The standard InChI is InChI=1S/C28H30F3NO10S/c1-37-24(33)21(25(34)38-2)18(28(29,30)31)15-43(35,36)32-19-13-39-26(16-9-5-3-6-10-16)41-22(19)23-20(32)14-40-27(42-23)17-11-7-4-8-12-17/h3-12,18-23,26-27H,13-15H2,1-2H3/t18-,19-,20-,22+,23+,26+,27+/m0/s1. The third kappa shape index (κ3) is 6.28. The minimum atomic E-state index is -5.30. The van der Waals surface area contributed by atoms with Crippen molar-refractivity contribution >= 4 is 22.0 Å². The zero-order valence-electron chi connectivity index (χ0n) is 23.1. The Morgan fingerprint density at radius 3 is 1.63 bits per heavy atom. The quantitative estimate of drug-likeness (QED) is 0.318. The molecule has 5 rings (SSSR count). The molecule has 0 amide bonds. The molecule has 0 radical (unpaired) electrons. The normalized spacial score (nSPS) is 28.5. The average molecular weight is 630 g/mol. The van der Waals surface area contributed by atoms with Gasteiger partial charge in [0.1, 0.15) is 12.2 Å². The maximum absolute atomic E-state index is 14.3. The Labute approximate surface area is 245 Å². The first-order chi connectivity index (χ1) is 20.5. The van der Waals surface area contributed by atoms with Crippen molar-refractivity contribution in [3.05, 3.63) is 71.8 Å². The van der Waals surface area contributed by atoms with Crippen molar-refractivity contribution in [3.8, 4) is 0 Å². The first-order valence-electron chi connectivity index (χ1n) is 13.3. The van der Waals surface area contributed by atoms with E-state index in [1.165, 1.54) is 0 Å². The molecule has 3 aliphatic heterocycles. The highest BCUT2D eigenvalue weighted by molar-refractivity contribution is 7.89. The summed E-state index contributed by atoms with van der Waals surface area (Å²) >= 11 is 0. The number of ether oxygens (including phenoxy) is 6. The molecule has 0 saturated carbocycles. The topological polar surface area (TPSA) is 127 Å². The van der Waals surface area contributed by atoms with Gasteiger partial charge in [-0.15, -0.1) is 0 Å². The van der Waals surface area contributed by atoms with Crippen LogP contribution in [0.15, 0.2) is 60.7 Å². The van der Waals surface area contributed by atoms with Crippen LogP contribution >= 0.6 is 0 Å². The van der Waals surface area contributed by atoms with Crippen LogP contribution in [0.25, 0.3) is 0 Å². The Morgan fingerprint density at radius 1 is 0.837 bits per heavy atom. The Hall–Kier alpha value is -3.08. The molecule has 3 aliphatic rings. The summed E-state index contributed by atoms with van der Waals surface area (Å²) in [4.78, 5) is 24.6. The van der Waals surface area contributed by atoms with Crippen LogP contribution in [0.3, 0.4) is 0 Å². The van der Waals surface area contributed by atoms with E-state index in [0.29, 0.717) is 11.1 Å². The first kappa shape index (κ1) is 31.3. The second-order valence-corrected chi connectivity index (χ2v) is 12.2. The largest absolute Gasteiger partial charge is 0.468 e. The lowest BCUT2D eigenvalue weighted by Gasteiger charge is -2.37. The molecule has 3 saturated heterocycles. The molecule has 7 atom stereocenters. The predicted molar refractivity (Wildman–Crippen MR) is 140 cm³/mol. The summed E-state index contributed by atoms with van der Waals surface area (Å²) in [6, 6.07) is 15.5. The van der Waals surface area contributed by atoms with Crippen molar-refractivity contribution < 1.29 is 59.6 Å². The lowest BCUT2D eigenvalue weighted by atomic mass is 9.93. The molecule has 2 aromatic carbocycles. The molecular weight excluding hydrogens is 599 g/mol. The van der Waals surface area contributed by atoms with E-state index in [9.17, 15) is 31.2 Å². The monoisotopic (exact) mass is 629 g/mol. The molecule has 3 heterocycles. The zero-order valence-corrected chi connectivity index (χ0v) is 23.9. The minimum Gasteiger partial charge on any atom is -0.468 e. The summed E-state index contributed by atoms with van der Waals surface area (Å²) in [5.41, 5.74) is 1.31. The molecular formula is C28H30F3NO10S. The number of halogens is 3. The van der Waals surface area contributed by atoms with Crippen LogP contribution < -0.4 is 0 Å². The van der Waals surface area contributed by atoms with Gasteiger partial charge in [-0.25, -0.2) is 8.42 Å². The number of sulfonamides is 1. The number of nitrogens with zero attached hydrogens (tertiary/aromatic N) is 1. The van der Waals surface area contributed by atoms with Gasteiger partial charge in [-0.05, 0) is 0 Å². The molecule has 15 heteroatoms. The highest BCUT2D eigenvalue weighted by atomic mass is 32.2. The molecule has 0 N–H and O–H groups in total. The van der Waals surface area contributed by atoms with E-state index in [1.54, 1.807) is 60.7 Å². The Bertz CT molecular complexity index is 1320. The molecule has 0 aromatic heterocycles. The Kier molecular flexibility index (Phi) is 9.11. The average Bonchev–Trinajstić information content (AvgIpc) is 3.34. The second kappa shape index (κ2) is 12.5. The predicted octanol–water partition coefficient (Wildman–Crippen LogP) is 2.74. The van der Waals surface area contributed by atoms with Gasteiger partial charge in [-0.2, -0.15) is 17.5 Å². The van der Waals surface area contributed by atoms with E-state index < -0.39 is 82.6 Å². The first-order valence-corrected chi connectivity index (χ1v) is 14.9. The van der Waals surface area contributed by atoms with Crippen LogP contribution in [-0.4, -0.2) is 88.3 Å². The number of carbonyl (C=O) groups excluding carboxylic acids is 2. The maximum Gasteiger partial charge on any atom is 0.394 e. The van der Waals surface area contributed by atoms with Crippen LogP contribution in [-0.2, 0) is 48.0 Å². The van der Waals surface area contributed by atoms with Crippen molar-refractivity contribution in [2.24, 2.45) is 11.8 Å². The lowest BCUT2D eigenvalue weighted by molar-refractivity contribution is -0.278. The Morgan fingerprint density at radius 2 is 1.26 bits per heavy atom. The Balaban J connectivity index is 1.49. The van der Waals surface area contributed by atoms with Gasteiger partial charge in [0.05, 0.1) is 51.2 Å². The van der Waals surface area contributed by atoms with Crippen molar-refractivity contribution in [3.63, 3.8) is 0 Å². The number of hydrogen-bond donors (Lipinski definition) is 0. The highest BCUT2D eigenvalue weighted by Crippen LogP contribution is 2.45. The summed E-state index contributed by atoms with van der Waals surface area (Å²) in [6.45, 7) is -0.464. The molecule has 0 unspecified atom stereocenters. The van der Waals surface area contributed by atoms with Gasteiger partial charge >= 0.3 is 18.1 Å². The van der Waals surface area contributed by atoms with Crippen LogP contribution in [0.4, 0.5) is 13.2 Å². The number of fused-ring (bicyclic) bond motifs is 3. The number of rotatable bonds is 8. The van der Waals surface area contributed by atoms with E-state index in [0.717, 1.165) is 18.5 Å². The van der Waals surface area contributed by atoms with Gasteiger partial charge < -0.3 is 28.4 Å². The van der Waals surface area contributed by atoms with Crippen molar-refractivity contribution in [2.75, 3.05) is 33.2 Å². The van der Waals surface area contributed by atoms with Crippen LogP contribution in [0, 0.1) is 11.8 Å². The van der Waals surface area contributed by atoms with E-state index in [-0.39, 0.29) is 13.2 Å². The third-order valence-corrected chi connectivity index (χ3v) is 9.69. The number of benzene rings is 2. The molecule has 2 aromatic rings. The van der Waals surface area contributed by atoms with E-state index in [2.05, 4.69) is 9.47 Å². The van der Waals surface area contributed by atoms with Gasteiger partial charge in [0.2, 0.25) is 10.0 Å². The molecule has 3 fully saturated rings. The zero-order chi connectivity index (χ0) is 30.9. The molecule has 0 spiro atoms. The van der Waals surface area contributed by atoms with Crippen LogP contribution in [0.1, 0.15) is 23.7 Å². The van der Waals surface area contributed by atoms with Crippen LogP contribution in [0.2, 0.25) is 0 Å². The summed E-state index contributed by atoms with van der Waals surface area (Å²) in [6.07, 6.45) is -8.98. The fourth-order valence-corrected chi connectivity index (χ4v) is 7.93. The number of methoxy groups -OCH3 is 2. The van der Waals surface area contributed by atoms with E-state index in [1.807, 2.05) is 0 Å². The number of hydrogen-bond acceptors (Lipinski definition) is 10. The van der Waals surface area contributed by atoms with Crippen molar-refractivity contribution in [1.82, 2.24) is 4.31 Å². The van der Waals surface area contributed by atoms with E-state index >= 15 is 0 Å². The van der Waals surface area contributed by atoms with Crippen molar-refractivity contribution in [2.45, 2.75) is 43.0 Å². The molecule has 234 valence electrons. The molecule has 0 bridgehead atoms. The van der Waals surface area contributed by atoms with Gasteiger partial charge in [-0.3, -0.25) is 9.59 Å². The number of carbonyl (C=O) groups is 2. The summed E-state index contributed by atoms with van der Waals surface area (Å²) in [5, 5.41) is 0. The molecule has 43 heavy (non-hydrogen) atoms. The number of esters is 2. The van der Waals surface area contributed by atoms with Gasteiger partial charge in [0.25, 0.3) is 0 Å². The van der Waals surface area contributed by atoms with Gasteiger partial charge in [0.15, 0.2) is 18.5 Å². The molecule has 0 aliphatic carbocycles. The van der Waals surface area contributed by atoms with Crippen molar-refractivity contribution in [1.29, 1.82) is 0 Å². The fourth-order valence-electron chi connectivity index (χ4n) is 5.74. The fraction of sp³-hybridized carbons (Fsp3) is 0.500. The third-order valence-electron chi connectivity index (χ3n) is 7.72. The molecule has 11 nitrogen and oxygen atoms in total. The van der Waals surface area contributed by atoms with Gasteiger partial charge in [-0.1, -0.05) is 60.7 Å². The lowest BCUT2D eigenvalue weighted by Crippen LogP contribution is -2.53. The summed E-state index contributed by atoms with van der Waals surface area (Å²) < 4.78 is 105.